The van der Waals surface area contributed by atoms with E-state index in [4.69, 9.17) is 14.2 Å². The molecular formula is C18H27NO4. The molecule has 0 radical (unpaired) electrons. The van der Waals surface area contributed by atoms with Gasteiger partial charge in [0.25, 0.3) is 0 Å². The maximum atomic E-state index is 12.2. The van der Waals surface area contributed by atoms with E-state index in [0.717, 1.165) is 31.2 Å². The molecule has 1 saturated carbocycles. The molecule has 1 atom stereocenters. The minimum absolute atomic E-state index is 0.0509. The van der Waals surface area contributed by atoms with Gasteiger partial charge in [-0.15, -0.1) is 0 Å². The van der Waals surface area contributed by atoms with Gasteiger partial charge in [-0.1, -0.05) is 18.9 Å². The molecular weight excluding hydrogens is 294 g/mol. The minimum atomic E-state index is -0.0509. The standard InChI is InChI=1S/C18H27NO4/c1-13(19-18(20)14-6-4-5-7-14)15-8-9-16(17(12-15)22-3)23-11-10-21-2/h8-9,12-14H,4-7,10-11H2,1-3H3,(H,19,20)/t13-/m1/s1. The first kappa shape index (κ1) is 17.6. The predicted octanol–water partition coefficient (Wildman–Crippen LogP) is 3.09. The molecule has 5 heteroatoms. The maximum absolute atomic E-state index is 12.2. The van der Waals surface area contributed by atoms with Gasteiger partial charge in [-0.25, -0.2) is 0 Å². The summed E-state index contributed by atoms with van der Waals surface area (Å²) in [6.07, 6.45) is 4.34. The van der Waals surface area contributed by atoms with Gasteiger partial charge in [0.15, 0.2) is 11.5 Å². The van der Waals surface area contributed by atoms with Crippen LogP contribution < -0.4 is 14.8 Å². The van der Waals surface area contributed by atoms with Gasteiger partial charge in [-0.3, -0.25) is 4.79 Å². The van der Waals surface area contributed by atoms with Crippen LogP contribution in [-0.4, -0.2) is 33.3 Å². The molecule has 1 N–H and O–H groups in total. The average Bonchev–Trinajstić information content (AvgIpc) is 3.09. The molecule has 0 spiro atoms. The summed E-state index contributed by atoms with van der Waals surface area (Å²) < 4.78 is 16.0. The number of nitrogens with one attached hydrogen (secondary N) is 1. The van der Waals surface area contributed by atoms with Crippen LogP contribution in [0.1, 0.15) is 44.2 Å². The molecule has 1 aromatic carbocycles. The lowest BCUT2D eigenvalue weighted by molar-refractivity contribution is -0.125. The van der Waals surface area contributed by atoms with Crippen LogP contribution in [0.4, 0.5) is 0 Å². The lowest BCUT2D eigenvalue weighted by Crippen LogP contribution is -2.31. The van der Waals surface area contributed by atoms with Crippen molar-refractivity contribution < 1.29 is 19.0 Å². The molecule has 1 amide bonds. The summed E-state index contributed by atoms with van der Waals surface area (Å²) in [5.41, 5.74) is 1.01. The number of amides is 1. The second kappa shape index (κ2) is 8.77. The lowest BCUT2D eigenvalue weighted by atomic mass is 10.0. The van der Waals surface area contributed by atoms with E-state index >= 15 is 0 Å². The number of ether oxygens (including phenoxy) is 3. The topological polar surface area (TPSA) is 56.8 Å². The molecule has 1 aliphatic carbocycles. The summed E-state index contributed by atoms with van der Waals surface area (Å²) in [5.74, 6) is 1.69. The summed E-state index contributed by atoms with van der Waals surface area (Å²) >= 11 is 0. The third kappa shape index (κ3) is 4.86. The Morgan fingerprint density at radius 2 is 1.96 bits per heavy atom. The molecule has 0 heterocycles. The molecule has 1 aliphatic rings. The molecule has 1 fully saturated rings. The first-order chi connectivity index (χ1) is 11.2. The van der Waals surface area contributed by atoms with Crippen molar-refractivity contribution in [3.8, 4) is 11.5 Å². The van der Waals surface area contributed by atoms with E-state index in [9.17, 15) is 4.79 Å². The van der Waals surface area contributed by atoms with Crippen LogP contribution in [0.5, 0.6) is 11.5 Å². The Balaban J connectivity index is 1.99. The van der Waals surface area contributed by atoms with Gasteiger partial charge >= 0.3 is 0 Å². The van der Waals surface area contributed by atoms with E-state index < -0.39 is 0 Å². The molecule has 2 rings (SSSR count). The second-order valence-corrected chi connectivity index (χ2v) is 5.96. The Hall–Kier alpha value is -1.75. The zero-order valence-corrected chi connectivity index (χ0v) is 14.3. The first-order valence-corrected chi connectivity index (χ1v) is 8.25. The molecule has 1 aromatic rings. The highest BCUT2D eigenvalue weighted by atomic mass is 16.5. The maximum Gasteiger partial charge on any atom is 0.223 e. The fourth-order valence-electron chi connectivity index (χ4n) is 2.91. The highest BCUT2D eigenvalue weighted by Crippen LogP contribution is 2.31. The van der Waals surface area contributed by atoms with Crippen molar-refractivity contribution in [2.24, 2.45) is 5.92 Å². The summed E-state index contributed by atoms with van der Waals surface area (Å²) in [6.45, 7) is 2.99. The Morgan fingerprint density at radius 3 is 2.61 bits per heavy atom. The van der Waals surface area contributed by atoms with Gasteiger partial charge in [0.2, 0.25) is 5.91 Å². The van der Waals surface area contributed by atoms with Gasteiger partial charge in [0, 0.05) is 13.0 Å². The fourth-order valence-corrected chi connectivity index (χ4v) is 2.91. The summed E-state index contributed by atoms with van der Waals surface area (Å²) in [4.78, 5) is 12.2. The number of carbonyl (C=O) groups excluding carboxylic acids is 1. The molecule has 0 aromatic heterocycles. The molecule has 5 nitrogen and oxygen atoms in total. The van der Waals surface area contributed by atoms with Gasteiger partial charge in [-0.05, 0) is 37.5 Å². The second-order valence-electron chi connectivity index (χ2n) is 5.96. The summed E-state index contributed by atoms with van der Waals surface area (Å²) in [7, 11) is 3.25. The molecule has 23 heavy (non-hydrogen) atoms. The van der Waals surface area contributed by atoms with Gasteiger partial charge in [-0.2, -0.15) is 0 Å². The van der Waals surface area contributed by atoms with Crippen LogP contribution in [0.25, 0.3) is 0 Å². The van der Waals surface area contributed by atoms with Crippen LogP contribution in [0.2, 0.25) is 0 Å². The smallest absolute Gasteiger partial charge is 0.223 e. The van der Waals surface area contributed by atoms with Crippen LogP contribution >= 0.6 is 0 Å². The van der Waals surface area contributed by atoms with Crippen molar-refractivity contribution in [2.45, 2.75) is 38.6 Å². The van der Waals surface area contributed by atoms with Crippen molar-refractivity contribution in [3.63, 3.8) is 0 Å². The predicted molar refractivity (Wildman–Crippen MR) is 88.9 cm³/mol. The quantitative estimate of drug-likeness (QED) is 0.748. The van der Waals surface area contributed by atoms with Crippen molar-refractivity contribution in [1.29, 1.82) is 0 Å². The fraction of sp³-hybridized carbons (Fsp3) is 0.611. The summed E-state index contributed by atoms with van der Waals surface area (Å²) in [6, 6.07) is 5.71. The number of hydrogen-bond donors (Lipinski definition) is 1. The monoisotopic (exact) mass is 321 g/mol. The van der Waals surface area contributed by atoms with Crippen molar-refractivity contribution >= 4 is 5.91 Å². The van der Waals surface area contributed by atoms with Gasteiger partial charge in [0.05, 0.1) is 19.8 Å². The van der Waals surface area contributed by atoms with Crippen LogP contribution in [0.3, 0.4) is 0 Å². The third-order valence-electron chi connectivity index (χ3n) is 4.32. The molecule has 0 unspecified atom stereocenters. The van der Waals surface area contributed by atoms with E-state index in [0.29, 0.717) is 24.7 Å². The molecule has 0 bridgehead atoms. The Morgan fingerprint density at radius 1 is 1.22 bits per heavy atom. The molecule has 0 aliphatic heterocycles. The van der Waals surface area contributed by atoms with Gasteiger partial charge in [0.1, 0.15) is 6.61 Å². The third-order valence-corrected chi connectivity index (χ3v) is 4.32. The number of carbonyl (C=O) groups is 1. The highest BCUT2D eigenvalue weighted by Gasteiger charge is 2.24. The number of benzene rings is 1. The number of rotatable bonds is 8. The number of hydrogen-bond acceptors (Lipinski definition) is 4. The minimum Gasteiger partial charge on any atom is -0.493 e. The lowest BCUT2D eigenvalue weighted by Gasteiger charge is -2.19. The average molecular weight is 321 g/mol. The van der Waals surface area contributed by atoms with Crippen LogP contribution in [-0.2, 0) is 9.53 Å². The number of methoxy groups -OCH3 is 2. The van der Waals surface area contributed by atoms with E-state index in [-0.39, 0.29) is 17.9 Å². The first-order valence-electron chi connectivity index (χ1n) is 8.25. The van der Waals surface area contributed by atoms with Crippen molar-refractivity contribution in [3.05, 3.63) is 23.8 Å². The zero-order chi connectivity index (χ0) is 16.7. The summed E-state index contributed by atoms with van der Waals surface area (Å²) in [5, 5.41) is 3.11. The largest absolute Gasteiger partial charge is 0.493 e. The van der Waals surface area contributed by atoms with E-state index in [1.54, 1.807) is 14.2 Å². The van der Waals surface area contributed by atoms with E-state index in [2.05, 4.69) is 5.32 Å². The van der Waals surface area contributed by atoms with Gasteiger partial charge < -0.3 is 19.5 Å². The normalized spacial score (nSPS) is 16.1. The van der Waals surface area contributed by atoms with Crippen molar-refractivity contribution in [1.82, 2.24) is 5.32 Å². The van der Waals surface area contributed by atoms with Crippen LogP contribution in [0.15, 0.2) is 18.2 Å². The Labute approximate surface area is 138 Å². The Kier molecular flexibility index (Phi) is 6.71. The highest BCUT2D eigenvalue weighted by molar-refractivity contribution is 5.79. The SMILES string of the molecule is COCCOc1ccc([C@@H](C)NC(=O)C2CCCC2)cc1OC. The van der Waals surface area contributed by atoms with Crippen molar-refractivity contribution in [2.75, 3.05) is 27.4 Å². The van der Waals surface area contributed by atoms with Crippen LogP contribution in [0, 0.1) is 5.92 Å². The van der Waals surface area contributed by atoms with E-state index in [1.165, 1.54) is 0 Å². The van der Waals surface area contributed by atoms with E-state index in [1.807, 2.05) is 25.1 Å². The molecule has 128 valence electrons. The zero-order valence-electron chi connectivity index (χ0n) is 14.3. The molecule has 0 saturated heterocycles. The Bertz CT molecular complexity index is 512.